The molecule has 0 unspecified atom stereocenters. The van der Waals surface area contributed by atoms with Crippen molar-refractivity contribution >= 4 is 133 Å². The van der Waals surface area contributed by atoms with Gasteiger partial charge < -0.3 is 0 Å². The van der Waals surface area contributed by atoms with Crippen molar-refractivity contribution in [1.82, 2.24) is 0 Å². The Morgan fingerprint density at radius 3 is 0.750 bits per heavy atom. The summed E-state index contributed by atoms with van der Waals surface area (Å²) in [6.45, 7) is 0. The molecule has 0 aromatic heterocycles. The van der Waals surface area contributed by atoms with Crippen LogP contribution < -0.4 is 0 Å². The molecule has 0 spiro atoms. The second-order valence-corrected chi connectivity index (χ2v) is 0. The van der Waals surface area contributed by atoms with E-state index >= 15 is 0 Å². The topological polar surface area (TPSA) is 0 Å². The third kappa shape index (κ3) is 9.64. The van der Waals surface area contributed by atoms with Gasteiger partial charge in [0.15, 0.2) is 0 Å². The molecular weight excluding hydrogens is 480 g/mol. The minimum absolute atomic E-state index is 0. The van der Waals surface area contributed by atoms with Crippen LogP contribution >= 0.6 is 0 Å². The summed E-state index contributed by atoms with van der Waals surface area (Å²) in [6.07, 6.45) is 0. The Balaban J connectivity index is 0. The quantitative estimate of drug-likeness (QED) is 0.370. The van der Waals surface area contributed by atoms with Gasteiger partial charge in [0.2, 0.25) is 0 Å². The van der Waals surface area contributed by atoms with Gasteiger partial charge in [0.25, 0.3) is 0 Å². The summed E-state index contributed by atoms with van der Waals surface area (Å²) in [5, 5.41) is 0. The Labute approximate surface area is 129 Å². The van der Waals surface area contributed by atoms with Crippen LogP contribution in [0.5, 0.6) is 0 Å². The van der Waals surface area contributed by atoms with E-state index in [1.54, 1.807) is 0 Å². The second-order valence-electron chi connectivity index (χ2n) is 0. The van der Waals surface area contributed by atoms with Crippen molar-refractivity contribution in [3.8, 4) is 0 Å². The van der Waals surface area contributed by atoms with E-state index in [4.69, 9.17) is 0 Å². The summed E-state index contributed by atoms with van der Waals surface area (Å²) >= 11 is 0. The molecule has 4 heteroatoms. The molecule has 0 nitrogen and oxygen atoms in total. The fourth-order valence-corrected chi connectivity index (χ4v) is 0. The van der Waals surface area contributed by atoms with E-state index in [2.05, 4.69) is 0 Å². The van der Waals surface area contributed by atoms with Crippen LogP contribution in [-0.4, -0.2) is 133 Å². The van der Waals surface area contributed by atoms with Crippen LogP contribution in [0.4, 0.5) is 0 Å². The zero-order valence-electron chi connectivity index (χ0n) is 2.89. The smallest absolute Gasteiger partial charge is 0 e. The average molecular weight is 480 g/mol. The van der Waals surface area contributed by atoms with Crippen molar-refractivity contribution in [2.45, 2.75) is 0 Å². The van der Waals surface area contributed by atoms with Gasteiger partial charge in [-0.3, -0.25) is 0 Å². The van der Waals surface area contributed by atoms with Crippen LogP contribution in [0.2, 0.25) is 0 Å². The molecule has 0 aromatic carbocycles. The Hall–Kier alpha value is 4.40. The van der Waals surface area contributed by atoms with E-state index in [0.717, 1.165) is 0 Å². The molecule has 8 radical (unpaired) electrons. The van der Waals surface area contributed by atoms with E-state index in [1.807, 2.05) is 0 Å². The maximum absolute atomic E-state index is 0. The largest absolute Gasteiger partial charge is 0 e. The molecule has 0 rings (SSSR count). The summed E-state index contributed by atoms with van der Waals surface area (Å²) in [6, 6.07) is 0. The maximum atomic E-state index is 0. The van der Waals surface area contributed by atoms with Gasteiger partial charge in [0.1, 0.15) is 0 Å². The molecule has 0 bridgehead atoms. The first-order valence-corrected chi connectivity index (χ1v) is 0. The minimum Gasteiger partial charge on any atom is 0 e. The number of hydrogen-bond acceptors (Lipinski definition) is 0. The first kappa shape index (κ1) is 23.8. The van der Waals surface area contributed by atoms with Crippen molar-refractivity contribution in [2.75, 3.05) is 0 Å². The molecule has 0 aromatic rings. The fourth-order valence-electron chi connectivity index (χ4n) is 0. The van der Waals surface area contributed by atoms with Gasteiger partial charge in [0, 0.05) is 133 Å². The van der Waals surface area contributed by atoms with Crippen LogP contribution in [0.25, 0.3) is 0 Å². The third-order valence-electron chi connectivity index (χ3n) is 0. The normalized spacial score (nSPS) is 0. The molecule has 0 atom stereocenters. The van der Waals surface area contributed by atoms with E-state index in [0.29, 0.717) is 0 Å². The van der Waals surface area contributed by atoms with Gasteiger partial charge in [-0.1, -0.05) is 0 Å². The molecule has 0 aliphatic carbocycles. The second kappa shape index (κ2) is 15.7. The standard InChI is InChI=1S/2Bi.K.Na. The Bertz CT molecular complexity index is 6.00. The fraction of sp³-hybridized carbons (Fsp3) is 0. The number of hydrogen-bond donors (Lipinski definition) is 0. The molecule has 4 heavy (non-hydrogen) atoms. The summed E-state index contributed by atoms with van der Waals surface area (Å²) in [5.41, 5.74) is 0. The van der Waals surface area contributed by atoms with Gasteiger partial charge in [-0.05, 0) is 0 Å². The van der Waals surface area contributed by atoms with Crippen LogP contribution in [-0.2, 0) is 0 Å². The first-order valence-electron chi connectivity index (χ1n) is 0. The van der Waals surface area contributed by atoms with Gasteiger partial charge in [-0.2, -0.15) is 0 Å². The monoisotopic (exact) mass is 480 g/mol. The molecule has 0 heterocycles. The van der Waals surface area contributed by atoms with Crippen LogP contribution in [0.1, 0.15) is 0 Å². The SMILES string of the molecule is [Bi].[Bi].[K].[Na]. The van der Waals surface area contributed by atoms with E-state index in [-0.39, 0.29) is 133 Å². The predicted molar refractivity (Wildman–Crippen MR) is 23.0 cm³/mol. The molecule has 0 saturated carbocycles. The summed E-state index contributed by atoms with van der Waals surface area (Å²) in [5.74, 6) is 0. The third-order valence-corrected chi connectivity index (χ3v) is 0. The van der Waals surface area contributed by atoms with Gasteiger partial charge >= 0.3 is 0 Å². The molecule has 0 fully saturated rings. The van der Waals surface area contributed by atoms with Crippen molar-refractivity contribution in [1.29, 1.82) is 0 Å². The molecular formula is Bi2KNa. The van der Waals surface area contributed by atoms with Crippen LogP contribution in [0.3, 0.4) is 0 Å². The average Bonchev–Trinajstić information content (AvgIpc) is 0. The Morgan fingerprint density at radius 1 is 0.750 bits per heavy atom. The molecule has 12 valence electrons. The van der Waals surface area contributed by atoms with E-state index < -0.39 is 0 Å². The molecule has 0 amide bonds. The van der Waals surface area contributed by atoms with E-state index in [9.17, 15) is 0 Å². The molecule has 0 saturated heterocycles. The van der Waals surface area contributed by atoms with Gasteiger partial charge in [-0.25, -0.2) is 0 Å². The molecule has 0 N–H and O–H groups in total. The van der Waals surface area contributed by atoms with Crippen LogP contribution in [0, 0.1) is 0 Å². The van der Waals surface area contributed by atoms with E-state index in [1.165, 1.54) is 0 Å². The molecule has 0 aliphatic heterocycles. The maximum Gasteiger partial charge on any atom is 0 e. The molecule has 0 aliphatic rings. The van der Waals surface area contributed by atoms with Crippen molar-refractivity contribution < 1.29 is 0 Å². The number of rotatable bonds is 0. The van der Waals surface area contributed by atoms with Crippen molar-refractivity contribution in [2.24, 2.45) is 0 Å². The first-order chi connectivity index (χ1) is 0. The summed E-state index contributed by atoms with van der Waals surface area (Å²) in [7, 11) is 0. The Morgan fingerprint density at radius 2 is 0.750 bits per heavy atom. The van der Waals surface area contributed by atoms with Crippen molar-refractivity contribution in [3.05, 3.63) is 0 Å². The van der Waals surface area contributed by atoms with Gasteiger partial charge in [-0.15, -0.1) is 0 Å². The summed E-state index contributed by atoms with van der Waals surface area (Å²) in [4.78, 5) is 0. The summed E-state index contributed by atoms with van der Waals surface area (Å²) < 4.78 is 0. The van der Waals surface area contributed by atoms with Crippen LogP contribution in [0.15, 0.2) is 0 Å². The van der Waals surface area contributed by atoms with Gasteiger partial charge in [0.05, 0.1) is 0 Å². The minimum atomic E-state index is 0. The predicted octanol–water partition coefficient (Wildman–Crippen LogP) is -1.52. The van der Waals surface area contributed by atoms with Crippen molar-refractivity contribution in [3.63, 3.8) is 0 Å². The Kier molecular flexibility index (Phi) is 93.0. The zero-order chi connectivity index (χ0) is 0. The zero-order valence-corrected chi connectivity index (χ0v) is 15.0.